The van der Waals surface area contributed by atoms with Crippen molar-refractivity contribution < 1.29 is 9.53 Å². The van der Waals surface area contributed by atoms with Crippen LogP contribution in [0.25, 0.3) is 0 Å². The zero-order valence-corrected chi connectivity index (χ0v) is 9.49. The maximum Gasteiger partial charge on any atom is 0.357 e. The van der Waals surface area contributed by atoms with E-state index in [4.69, 9.17) is 16.3 Å². The Labute approximate surface area is 94.0 Å². The monoisotopic (exact) mass is 228 g/mol. The van der Waals surface area contributed by atoms with Crippen LogP contribution in [-0.2, 0) is 9.53 Å². The van der Waals surface area contributed by atoms with E-state index in [0.717, 1.165) is 0 Å². The third kappa shape index (κ3) is 5.80. The molecule has 0 aliphatic heterocycles. The highest BCUT2D eigenvalue weighted by Gasteiger charge is 2.09. The van der Waals surface area contributed by atoms with Crippen LogP contribution in [0.15, 0.2) is 34.8 Å². The van der Waals surface area contributed by atoms with Crippen LogP contribution in [-0.4, -0.2) is 30.6 Å². The number of amidine groups is 1. The summed E-state index contributed by atoms with van der Waals surface area (Å²) in [5.41, 5.74) is 0.0901. The van der Waals surface area contributed by atoms with Gasteiger partial charge in [-0.25, -0.2) is 9.79 Å². The first kappa shape index (κ1) is 13.6. The maximum atomic E-state index is 11.3. The van der Waals surface area contributed by atoms with E-state index in [1.165, 1.54) is 19.2 Å². The van der Waals surface area contributed by atoms with Gasteiger partial charge in [0.1, 0.15) is 0 Å². The zero-order valence-electron chi connectivity index (χ0n) is 8.74. The normalized spacial score (nSPS) is 13.0. The van der Waals surface area contributed by atoms with Gasteiger partial charge >= 0.3 is 5.97 Å². The number of carbonyl (C=O) groups is 1. The average molecular weight is 229 g/mol. The van der Waals surface area contributed by atoms with E-state index in [9.17, 15) is 4.79 Å². The zero-order chi connectivity index (χ0) is 11.7. The van der Waals surface area contributed by atoms with Gasteiger partial charge in [0.2, 0.25) is 5.29 Å². The Morgan fingerprint density at radius 3 is 2.73 bits per heavy atom. The highest BCUT2D eigenvalue weighted by molar-refractivity contribution is 6.66. The molecule has 0 unspecified atom stereocenters. The minimum absolute atomic E-state index is 0.00762. The summed E-state index contributed by atoms with van der Waals surface area (Å²) >= 11 is 5.58. The number of hydrogen-bond acceptors (Lipinski definition) is 3. The molecule has 4 nitrogen and oxygen atoms in total. The van der Waals surface area contributed by atoms with Crippen LogP contribution in [0.1, 0.15) is 6.92 Å². The van der Waals surface area contributed by atoms with Gasteiger partial charge in [-0.2, -0.15) is 0 Å². The fourth-order valence-corrected chi connectivity index (χ4v) is 0.756. The van der Waals surface area contributed by atoms with E-state index in [2.05, 4.69) is 16.6 Å². The van der Waals surface area contributed by atoms with E-state index in [1.807, 2.05) is 0 Å². The molecule has 0 rings (SSSR count). The van der Waals surface area contributed by atoms with E-state index >= 15 is 0 Å². The maximum absolute atomic E-state index is 11.3. The number of nitrogens with zero attached hydrogens (tertiary/aromatic N) is 2. The van der Waals surface area contributed by atoms with Crippen LogP contribution >= 0.6 is 11.6 Å². The smallest absolute Gasteiger partial charge is 0.357 e. The van der Waals surface area contributed by atoms with E-state index in [1.54, 1.807) is 13.0 Å². The minimum atomic E-state index is -0.544. The Balaban J connectivity index is 4.87. The van der Waals surface area contributed by atoms with Crippen LogP contribution < -0.4 is 0 Å². The van der Waals surface area contributed by atoms with E-state index in [0.29, 0.717) is 0 Å². The lowest BCUT2D eigenvalue weighted by molar-refractivity contribution is -0.134. The molecule has 0 saturated heterocycles. The third-order valence-corrected chi connectivity index (χ3v) is 1.53. The van der Waals surface area contributed by atoms with Crippen LogP contribution in [0.5, 0.6) is 0 Å². The molecule has 0 aromatic carbocycles. The number of esters is 1. The highest BCUT2D eigenvalue weighted by Crippen LogP contribution is 1.94. The van der Waals surface area contributed by atoms with Crippen molar-refractivity contribution >= 4 is 28.6 Å². The molecular weight excluding hydrogens is 216 g/mol. The van der Waals surface area contributed by atoms with Crippen LogP contribution in [0.2, 0.25) is 0 Å². The Kier molecular flexibility index (Phi) is 7.18. The Hall–Kier alpha value is -1.42. The topological polar surface area (TPSA) is 51.0 Å². The summed E-state index contributed by atoms with van der Waals surface area (Å²) in [4.78, 5) is 18.7. The molecule has 0 saturated carbocycles. The standard InChI is InChI=1S/C10H13ClN2O2/c1-4-6-7-8(9(14)15-5-2)13-10(11)12-3/h4,6-7H,1,5H2,2-3H3/b7-6+,12-10-,13-8+. The van der Waals surface area contributed by atoms with Gasteiger partial charge in [0, 0.05) is 7.05 Å². The van der Waals surface area contributed by atoms with Crippen molar-refractivity contribution in [3.05, 3.63) is 24.8 Å². The minimum Gasteiger partial charge on any atom is -0.461 e. The lowest BCUT2D eigenvalue weighted by Gasteiger charge is -2.00. The average Bonchev–Trinajstić information content (AvgIpc) is 2.24. The van der Waals surface area contributed by atoms with Crippen molar-refractivity contribution in [2.45, 2.75) is 6.92 Å². The highest BCUT2D eigenvalue weighted by atomic mass is 35.5. The van der Waals surface area contributed by atoms with E-state index in [-0.39, 0.29) is 17.6 Å². The molecule has 0 N–H and O–H groups in total. The third-order valence-electron chi connectivity index (χ3n) is 1.27. The number of halogens is 1. The molecule has 0 aliphatic carbocycles. The number of hydrogen-bond donors (Lipinski definition) is 0. The van der Waals surface area contributed by atoms with Crippen LogP contribution in [0.3, 0.4) is 0 Å². The van der Waals surface area contributed by atoms with Crippen molar-refractivity contribution in [3.8, 4) is 0 Å². The molecular formula is C10H13ClN2O2. The first-order valence-electron chi connectivity index (χ1n) is 4.32. The predicted octanol–water partition coefficient (Wildman–Crippen LogP) is 1.96. The van der Waals surface area contributed by atoms with Gasteiger partial charge in [0.15, 0.2) is 5.71 Å². The van der Waals surface area contributed by atoms with Gasteiger partial charge in [-0.15, -0.1) is 0 Å². The molecule has 0 amide bonds. The molecule has 0 aromatic heterocycles. The second-order valence-electron chi connectivity index (χ2n) is 2.30. The Morgan fingerprint density at radius 1 is 1.60 bits per heavy atom. The summed E-state index contributed by atoms with van der Waals surface area (Å²) < 4.78 is 4.78. The molecule has 0 bridgehead atoms. The molecule has 0 heterocycles. The van der Waals surface area contributed by atoms with Crippen molar-refractivity contribution in [1.29, 1.82) is 0 Å². The molecule has 0 spiro atoms. The second-order valence-corrected chi connectivity index (χ2v) is 2.64. The number of rotatable bonds is 4. The first-order chi connectivity index (χ1) is 7.15. The van der Waals surface area contributed by atoms with Gasteiger partial charge < -0.3 is 4.74 Å². The molecule has 0 radical (unpaired) electrons. The lowest BCUT2D eigenvalue weighted by atomic mass is 10.3. The van der Waals surface area contributed by atoms with E-state index < -0.39 is 5.97 Å². The number of allylic oxidation sites excluding steroid dienone is 2. The van der Waals surface area contributed by atoms with Gasteiger partial charge in [-0.05, 0) is 24.6 Å². The molecule has 0 aromatic rings. The molecule has 82 valence electrons. The van der Waals surface area contributed by atoms with Crippen molar-refractivity contribution in [1.82, 2.24) is 0 Å². The summed E-state index contributed by atoms with van der Waals surface area (Å²) in [7, 11) is 1.48. The lowest BCUT2D eigenvalue weighted by Crippen LogP contribution is -2.16. The SMILES string of the molecule is C=C/C=C/C(=N\C(Cl)=N/C)C(=O)OCC. The predicted molar refractivity (Wildman–Crippen MR) is 62.6 cm³/mol. The molecule has 15 heavy (non-hydrogen) atoms. The van der Waals surface area contributed by atoms with Crippen molar-refractivity contribution in [2.24, 2.45) is 9.98 Å². The largest absolute Gasteiger partial charge is 0.461 e. The quantitative estimate of drug-likeness (QED) is 0.243. The molecule has 0 aliphatic rings. The van der Waals surface area contributed by atoms with Gasteiger partial charge in [-0.3, -0.25) is 4.99 Å². The van der Waals surface area contributed by atoms with Gasteiger partial charge in [0.05, 0.1) is 6.61 Å². The van der Waals surface area contributed by atoms with Crippen LogP contribution in [0.4, 0.5) is 0 Å². The van der Waals surface area contributed by atoms with Crippen molar-refractivity contribution in [3.63, 3.8) is 0 Å². The number of aliphatic imine (C=N–C) groups is 2. The molecule has 0 fully saturated rings. The summed E-state index contributed by atoms with van der Waals surface area (Å²) in [5, 5.41) is -0.00762. The van der Waals surface area contributed by atoms with Crippen molar-refractivity contribution in [2.75, 3.05) is 13.7 Å². The number of carbonyl (C=O) groups excluding carboxylic acids is 1. The summed E-state index contributed by atoms with van der Waals surface area (Å²) in [6.07, 6.45) is 4.54. The summed E-state index contributed by atoms with van der Waals surface area (Å²) in [6.45, 7) is 5.47. The first-order valence-corrected chi connectivity index (χ1v) is 4.70. The van der Waals surface area contributed by atoms with Crippen LogP contribution in [0, 0.1) is 0 Å². The molecule has 0 atom stereocenters. The summed E-state index contributed by atoms with van der Waals surface area (Å²) in [5.74, 6) is -0.544. The second kappa shape index (κ2) is 7.94. The van der Waals surface area contributed by atoms with Gasteiger partial charge in [-0.1, -0.05) is 18.7 Å². The molecule has 5 heteroatoms. The fraction of sp³-hybridized carbons (Fsp3) is 0.300. The Bertz CT molecular complexity index is 319. The summed E-state index contributed by atoms with van der Waals surface area (Å²) in [6, 6.07) is 0. The number of ether oxygens (including phenoxy) is 1. The Morgan fingerprint density at radius 2 is 2.27 bits per heavy atom. The van der Waals surface area contributed by atoms with Gasteiger partial charge in [0.25, 0.3) is 0 Å². The fourth-order valence-electron chi connectivity index (χ4n) is 0.665.